The van der Waals surface area contributed by atoms with Gasteiger partial charge in [0, 0.05) is 17.3 Å². The van der Waals surface area contributed by atoms with E-state index in [1.807, 2.05) is 12.1 Å². The number of likely N-dealkylation sites (tertiary alicyclic amines) is 1. The summed E-state index contributed by atoms with van der Waals surface area (Å²) in [6.45, 7) is 2.30. The first-order chi connectivity index (χ1) is 6.33. The van der Waals surface area contributed by atoms with Gasteiger partial charge < -0.3 is 4.90 Å². The van der Waals surface area contributed by atoms with E-state index in [9.17, 15) is 0 Å². The fraction of sp³-hybridized carbons (Fsp3) is 0.714. The van der Waals surface area contributed by atoms with Crippen LogP contribution in [-0.2, 0) is 0 Å². The van der Waals surface area contributed by atoms with Crippen LogP contribution in [0.5, 0.6) is 0 Å². The zero-order valence-corrected chi connectivity index (χ0v) is 8.50. The lowest BCUT2D eigenvalue weighted by Crippen LogP contribution is -2.31. The number of rotatable bonds is 1. The summed E-state index contributed by atoms with van der Waals surface area (Å²) >= 11 is 1.51. The van der Waals surface area contributed by atoms with Crippen LogP contribution in [0.25, 0.3) is 0 Å². The first kappa shape index (κ1) is 8.68. The van der Waals surface area contributed by atoms with Gasteiger partial charge in [-0.05, 0) is 12.8 Å². The standard InChI is InChI=1S/C7H13N5S/c1-10-7(6-13-12(10)9-8)11-4-2-3-5-11/h6,8H,2-5H2,1H3/p+1. The predicted octanol–water partition coefficient (Wildman–Crippen LogP) is 0.728. The Labute approximate surface area is 81.9 Å². The highest BCUT2D eigenvalue weighted by molar-refractivity contribution is 7.96. The molecule has 0 aliphatic carbocycles. The molecule has 0 spiro atoms. The van der Waals surface area contributed by atoms with E-state index in [0.717, 1.165) is 13.1 Å². The minimum atomic E-state index is 1.15. The molecular weight excluding hydrogens is 186 g/mol. The second-order valence-electron chi connectivity index (χ2n) is 3.17. The van der Waals surface area contributed by atoms with E-state index in [1.54, 1.807) is 4.21 Å². The molecule has 0 radical (unpaired) electrons. The van der Waals surface area contributed by atoms with Gasteiger partial charge in [-0.2, -0.15) is 10.9 Å². The molecule has 2 heterocycles. The third-order valence-electron chi connectivity index (χ3n) is 2.37. The van der Waals surface area contributed by atoms with Crippen molar-refractivity contribution in [3.05, 3.63) is 11.2 Å². The number of hydrazine groups is 1. The molecule has 1 saturated heterocycles. The minimum absolute atomic E-state index is 1.15. The Morgan fingerprint density at radius 1 is 1.54 bits per heavy atom. The summed E-state index contributed by atoms with van der Waals surface area (Å²) in [6, 6.07) is 0. The molecule has 6 heteroatoms. The van der Waals surface area contributed by atoms with Gasteiger partial charge in [0.1, 0.15) is 17.2 Å². The number of nitrogens with two attached hydrogens (primary N) is 1. The SMILES string of the molecule is CN1C(N2CCCC2)=CS[N+]1=NN. The first-order valence-corrected chi connectivity index (χ1v) is 5.23. The van der Waals surface area contributed by atoms with Crippen molar-refractivity contribution in [2.24, 2.45) is 11.1 Å². The first-order valence-electron chi connectivity index (χ1n) is 4.39. The molecular formula is C7H14N5S+. The highest BCUT2D eigenvalue weighted by atomic mass is 32.2. The minimum Gasteiger partial charge on any atom is -0.355 e. The van der Waals surface area contributed by atoms with Gasteiger partial charge in [0.2, 0.25) is 0 Å². The van der Waals surface area contributed by atoms with Crippen LogP contribution in [-0.4, -0.2) is 34.3 Å². The number of hydrogen-bond acceptors (Lipinski definition) is 3. The predicted molar refractivity (Wildman–Crippen MR) is 51.1 cm³/mol. The average Bonchev–Trinajstić information content (AvgIpc) is 2.72. The van der Waals surface area contributed by atoms with Crippen LogP contribution >= 0.6 is 11.9 Å². The maximum atomic E-state index is 5.22. The van der Waals surface area contributed by atoms with Crippen molar-refractivity contribution >= 4 is 11.9 Å². The van der Waals surface area contributed by atoms with Gasteiger partial charge in [-0.25, -0.2) is 0 Å². The summed E-state index contributed by atoms with van der Waals surface area (Å²) in [5.41, 5.74) is 0. The van der Waals surface area contributed by atoms with Gasteiger partial charge in [0.15, 0.2) is 5.82 Å². The Morgan fingerprint density at radius 2 is 2.23 bits per heavy atom. The van der Waals surface area contributed by atoms with Crippen molar-refractivity contribution in [2.45, 2.75) is 12.8 Å². The van der Waals surface area contributed by atoms with E-state index in [-0.39, 0.29) is 0 Å². The van der Waals surface area contributed by atoms with E-state index in [1.165, 1.54) is 30.6 Å². The molecule has 1 fully saturated rings. The zero-order valence-electron chi connectivity index (χ0n) is 7.68. The fourth-order valence-electron chi connectivity index (χ4n) is 1.66. The molecule has 0 amide bonds. The van der Waals surface area contributed by atoms with Crippen LogP contribution in [0.3, 0.4) is 0 Å². The smallest absolute Gasteiger partial charge is 0.156 e. The largest absolute Gasteiger partial charge is 0.355 e. The van der Waals surface area contributed by atoms with Gasteiger partial charge >= 0.3 is 0 Å². The maximum Gasteiger partial charge on any atom is 0.156 e. The third kappa shape index (κ3) is 1.46. The Balaban J connectivity index is 2.08. The van der Waals surface area contributed by atoms with Crippen LogP contribution in [0.1, 0.15) is 12.8 Å². The molecule has 72 valence electrons. The van der Waals surface area contributed by atoms with E-state index < -0.39 is 0 Å². The summed E-state index contributed by atoms with van der Waals surface area (Å²) < 4.78 is 1.67. The Morgan fingerprint density at radius 3 is 2.77 bits per heavy atom. The van der Waals surface area contributed by atoms with E-state index in [0.29, 0.717) is 0 Å². The van der Waals surface area contributed by atoms with E-state index in [4.69, 9.17) is 5.84 Å². The molecule has 2 rings (SSSR count). The fourth-order valence-corrected chi connectivity index (χ4v) is 2.43. The third-order valence-corrected chi connectivity index (χ3v) is 3.21. The molecule has 13 heavy (non-hydrogen) atoms. The molecule has 0 saturated carbocycles. The van der Waals surface area contributed by atoms with Gasteiger partial charge in [-0.15, -0.1) is 0 Å². The van der Waals surface area contributed by atoms with Gasteiger partial charge in [-0.3, -0.25) is 0 Å². The van der Waals surface area contributed by atoms with Gasteiger partial charge in [-0.1, -0.05) is 0 Å². The summed E-state index contributed by atoms with van der Waals surface area (Å²) in [5.74, 6) is 6.43. The van der Waals surface area contributed by atoms with Gasteiger partial charge in [0.05, 0.1) is 12.5 Å². The Kier molecular flexibility index (Phi) is 2.30. The van der Waals surface area contributed by atoms with E-state index >= 15 is 0 Å². The number of hydrogen-bond donors (Lipinski definition) is 1. The highest BCUT2D eigenvalue weighted by Gasteiger charge is 2.28. The summed E-state index contributed by atoms with van der Waals surface area (Å²) in [4.78, 5) is 2.36. The number of nitrogens with zero attached hydrogens (tertiary/aromatic N) is 4. The van der Waals surface area contributed by atoms with Crippen LogP contribution in [0.4, 0.5) is 0 Å². The zero-order chi connectivity index (χ0) is 9.26. The molecule has 2 N–H and O–H groups in total. The van der Waals surface area contributed by atoms with Crippen molar-refractivity contribution in [3.63, 3.8) is 0 Å². The van der Waals surface area contributed by atoms with Crippen molar-refractivity contribution in [1.82, 2.24) is 9.91 Å². The van der Waals surface area contributed by atoms with Crippen molar-refractivity contribution in [3.8, 4) is 0 Å². The van der Waals surface area contributed by atoms with Crippen LogP contribution < -0.4 is 5.84 Å². The normalized spacial score (nSPS) is 25.9. The van der Waals surface area contributed by atoms with Gasteiger partial charge in [0.25, 0.3) is 0 Å². The van der Waals surface area contributed by atoms with Crippen LogP contribution in [0.2, 0.25) is 0 Å². The quantitative estimate of drug-likeness (QED) is 0.293. The lowest BCUT2D eigenvalue weighted by atomic mass is 10.4. The molecule has 0 aromatic heterocycles. The molecule has 0 aromatic rings. The maximum absolute atomic E-state index is 5.22. The monoisotopic (exact) mass is 200 g/mol. The molecule has 2 aliphatic heterocycles. The summed E-state index contributed by atoms with van der Waals surface area (Å²) in [5, 5.41) is 7.69. The summed E-state index contributed by atoms with van der Waals surface area (Å²) in [6.07, 6.45) is 2.57. The lowest BCUT2D eigenvalue weighted by Gasteiger charge is -2.22. The van der Waals surface area contributed by atoms with Crippen molar-refractivity contribution in [1.29, 1.82) is 0 Å². The Bertz CT molecular complexity index is 256. The molecule has 5 nitrogen and oxygen atoms in total. The second kappa shape index (κ2) is 3.45. The lowest BCUT2D eigenvalue weighted by molar-refractivity contribution is -0.590. The average molecular weight is 200 g/mol. The highest BCUT2D eigenvalue weighted by Crippen LogP contribution is 2.28. The summed E-state index contributed by atoms with van der Waals surface area (Å²) in [7, 11) is 1.97. The Hall–Kier alpha value is -0.910. The second-order valence-corrected chi connectivity index (χ2v) is 3.94. The molecule has 0 bridgehead atoms. The molecule has 0 aromatic carbocycles. The van der Waals surface area contributed by atoms with Crippen LogP contribution in [0, 0.1) is 0 Å². The molecule has 0 unspecified atom stereocenters. The van der Waals surface area contributed by atoms with Crippen molar-refractivity contribution < 1.29 is 4.21 Å². The van der Waals surface area contributed by atoms with Crippen LogP contribution in [0.15, 0.2) is 16.5 Å². The topological polar surface area (TPSA) is 47.9 Å². The van der Waals surface area contributed by atoms with Crippen molar-refractivity contribution in [2.75, 3.05) is 20.1 Å². The molecule has 0 atom stereocenters. The molecule has 2 aliphatic rings. The van der Waals surface area contributed by atoms with E-state index in [2.05, 4.69) is 15.5 Å².